The molecule has 1 saturated heterocycles. The first-order valence-electron chi connectivity index (χ1n) is 7.98. The number of hydrogen-bond acceptors (Lipinski definition) is 2. The van der Waals surface area contributed by atoms with E-state index in [1.165, 1.54) is 12.8 Å². The Balaban J connectivity index is 1.74. The molecule has 2 aliphatic rings. The summed E-state index contributed by atoms with van der Waals surface area (Å²) in [4.78, 5) is 23.7. The number of hydrogen-bond donors (Lipinski definition) is 2. The van der Waals surface area contributed by atoms with Gasteiger partial charge in [-0.1, -0.05) is 36.6 Å². The van der Waals surface area contributed by atoms with Gasteiger partial charge in [0.25, 0.3) is 0 Å². The van der Waals surface area contributed by atoms with Crippen LogP contribution in [-0.4, -0.2) is 17.9 Å². The first-order valence-corrected chi connectivity index (χ1v) is 8.36. The molecule has 1 aromatic rings. The monoisotopic (exact) mass is 320 g/mol. The second-order valence-electron chi connectivity index (χ2n) is 6.24. The van der Waals surface area contributed by atoms with E-state index in [1.54, 1.807) is 0 Å². The van der Waals surface area contributed by atoms with Gasteiger partial charge in [-0.25, -0.2) is 0 Å². The van der Waals surface area contributed by atoms with E-state index in [0.717, 1.165) is 18.4 Å². The van der Waals surface area contributed by atoms with Crippen LogP contribution in [0.3, 0.4) is 0 Å². The molecule has 0 unspecified atom stereocenters. The van der Waals surface area contributed by atoms with Crippen LogP contribution in [-0.2, 0) is 9.59 Å². The zero-order valence-electron chi connectivity index (χ0n) is 12.5. The number of benzene rings is 1. The fourth-order valence-electron chi connectivity index (χ4n) is 3.50. The van der Waals surface area contributed by atoms with E-state index in [2.05, 4.69) is 10.6 Å². The molecule has 0 bridgehead atoms. The van der Waals surface area contributed by atoms with Crippen LogP contribution in [0.5, 0.6) is 0 Å². The predicted molar refractivity (Wildman–Crippen MR) is 85.5 cm³/mol. The quantitative estimate of drug-likeness (QED) is 0.896. The third kappa shape index (κ3) is 3.43. The molecular weight excluding hydrogens is 300 g/mol. The van der Waals surface area contributed by atoms with E-state index in [9.17, 15) is 9.59 Å². The molecule has 2 N–H and O–H groups in total. The average molecular weight is 321 g/mol. The number of nitrogens with one attached hydrogen (secondary N) is 2. The van der Waals surface area contributed by atoms with E-state index in [1.807, 2.05) is 24.3 Å². The van der Waals surface area contributed by atoms with Crippen molar-refractivity contribution >= 4 is 23.4 Å². The molecule has 1 heterocycles. The van der Waals surface area contributed by atoms with Gasteiger partial charge in [-0.3, -0.25) is 9.59 Å². The minimum atomic E-state index is -0.385. The van der Waals surface area contributed by atoms with Gasteiger partial charge in [0.1, 0.15) is 6.04 Å². The standard InChI is InChI=1S/C17H21ClN2O2/c18-13-7-5-12(6-8-13)16(11-3-1-2-4-11)20-17(22)14-9-10-15(21)19-14/h5-8,11,14,16H,1-4,9-10H2,(H,19,21)(H,20,22)/t14-,16+/m1/s1. The summed E-state index contributed by atoms with van der Waals surface area (Å²) >= 11 is 5.97. The molecule has 0 spiro atoms. The highest BCUT2D eigenvalue weighted by molar-refractivity contribution is 6.30. The molecule has 3 rings (SSSR count). The second-order valence-corrected chi connectivity index (χ2v) is 6.68. The smallest absolute Gasteiger partial charge is 0.243 e. The SMILES string of the molecule is O=C1CC[C@H](C(=O)N[C@H](c2ccc(Cl)cc2)C2CCCC2)N1. The van der Waals surface area contributed by atoms with Gasteiger partial charge in [-0.15, -0.1) is 0 Å². The van der Waals surface area contributed by atoms with Crippen molar-refractivity contribution in [3.05, 3.63) is 34.9 Å². The van der Waals surface area contributed by atoms with Gasteiger partial charge in [0.05, 0.1) is 6.04 Å². The fourth-order valence-corrected chi connectivity index (χ4v) is 3.62. The molecular formula is C17H21ClN2O2. The normalized spacial score (nSPS) is 23.3. The molecule has 2 atom stereocenters. The van der Waals surface area contributed by atoms with Crippen molar-refractivity contribution in [1.82, 2.24) is 10.6 Å². The van der Waals surface area contributed by atoms with Gasteiger partial charge in [-0.2, -0.15) is 0 Å². The zero-order valence-corrected chi connectivity index (χ0v) is 13.2. The van der Waals surface area contributed by atoms with Gasteiger partial charge in [0.15, 0.2) is 0 Å². The number of carbonyl (C=O) groups is 2. The lowest BCUT2D eigenvalue weighted by Crippen LogP contribution is -2.44. The van der Waals surface area contributed by atoms with Gasteiger partial charge in [0.2, 0.25) is 11.8 Å². The molecule has 0 aromatic heterocycles. The predicted octanol–water partition coefficient (Wildman–Crippen LogP) is 2.97. The Hall–Kier alpha value is -1.55. The molecule has 1 aliphatic heterocycles. The Morgan fingerprint density at radius 3 is 2.45 bits per heavy atom. The van der Waals surface area contributed by atoms with Crippen LogP contribution in [0.25, 0.3) is 0 Å². The summed E-state index contributed by atoms with van der Waals surface area (Å²) in [7, 11) is 0. The molecule has 1 saturated carbocycles. The third-order valence-corrected chi connectivity index (χ3v) is 4.96. The molecule has 2 fully saturated rings. The fraction of sp³-hybridized carbons (Fsp3) is 0.529. The molecule has 0 radical (unpaired) electrons. The van der Waals surface area contributed by atoms with Crippen molar-refractivity contribution in [1.29, 1.82) is 0 Å². The minimum Gasteiger partial charge on any atom is -0.347 e. The number of carbonyl (C=O) groups excluding carboxylic acids is 2. The van der Waals surface area contributed by atoms with Crippen LogP contribution < -0.4 is 10.6 Å². The maximum Gasteiger partial charge on any atom is 0.243 e. The third-order valence-electron chi connectivity index (χ3n) is 4.71. The van der Waals surface area contributed by atoms with Crippen molar-refractivity contribution in [3.63, 3.8) is 0 Å². The van der Waals surface area contributed by atoms with Gasteiger partial charge >= 0.3 is 0 Å². The van der Waals surface area contributed by atoms with E-state index < -0.39 is 0 Å². The van der Waals surface area contributed by atoms with Crippen molar-refractivity contribution in [2.45, 2.75) is 50.6 Å². The van der Waals surface area contributed by atoms with E-state index in [-0.39, 0.29) is 23.9 Å². The molecule has 2 amide bonds. The Morgan fingerprint density at radius 1 is 1.18 bits per heavy atom. The summed E-state index contributed by atoms with van der Waals surface area (Å²) in [5, 5.41) is 6.60. The molecule has 22 heavy (non-hydrogen) atoms. The summed E-state index contributed by atoms with van der Waals surface area (Å²) in [5.74, 6) is 0.351. The maximum atomic E-state index is 12.4. The Labute approximate surface area is 135 Å². The summed E-state index contributed by atoms with van der Waals surface area (Å²) in [5.41, 5.74) is 1.09. The van der Waals surface area contributed by atoms with Gasteiger partial charge in [0, 0.05) is 11.4 Å². The van der Waals surface area contributed by atoms with Crippen molar-refractivity contribution < 1.29 is 9.59 Å². The Morgan fingerprint density at radius 2 is 1.86 bits per heavy atom. The Kier molecular flexibility index (Phi) is 4.67. The topological polar surface area (TPSA) is 58.2 Å². The highest BCUT2D eigenvalue weighted by Gasteiger charge is 2.32. The molecule has 4 nitrogen and oxygen atoms in total. The largest absolute Gasteiger partial charge is 0.347 e. The van der Waals surface area contributed by atoms with Crippen LogP contribution in [0, 0.1) is 5.92 Å². The lowest BCUT2D eigenvalue weighted by molar-refractivity contribution is -0.126. The maximum absolute atomic E-state index is 12.4. The second kappa shape index (κ2) is 6.69. The molecule has 1 aliphatic carbocycles. The summed E-state index contributed by atoms with van der Waals surface area (Å²) in [6.07, 6.45) is 5.71. The molecule has 1 aromatic carbocycles. The summed E-state index contributed by atoms with van der Waals surface area (Å²) < 4.78 is 0. The van der Waals surface area contributed by atoms with Crippen LogP contribution in [0.15, 0.2) is 24.3 Å². The average Bonchev–Trinajstić information content (AvgIpc) is 3.17. The number of amides is 2. The van der Waals surface area contributed by atoms with E-state index >= 15 is 0 Å². The molecule has 5 heteroatoms. The highest BCUT2D eigenvalue weighted by atomic mass is 35.5. The van der Waals surface area contributed by atoms with Crippen LogP contribution >= 0.6 is 11.6 Å². The van der Waals surface area contributed by atoms with Crippen molar-refractivity contribution in [3.8, 4) is 0 Å². The summed E-state index contributed by atoms with van der Waals surface area (Å²) in [6.45, 7) is 0. The van der Waals surface area contributed by atoms with Crippen molar-refractivity contribution in [2.75, 3.05) is 0 Å². The Bertz CT molecular complexity index is 552. The number of rotatable bonds is 4. The lowest BCUT2D eigenvalue weighted by atomic mass is 9.91. The summed E-state index contributed by atoms with van der Waals surface area (Å²) in [6, 6.07) is 7.32. The molecule has 118 valence electrons. The van der Waals surface area contributed by atoms with Crippen LogP contribution in [0.2, 0.25) is 5.02 Å². The minimum absolute atomic E-state index is 0.00442. The van der Waals surface area contributed by atoms with Gasteiger partial charge < -0.3 is 10.6 Å². The van der Waals surface area contributed by atoms with Gasteiger partial charge in [-0.05, 0) is 42.9 Å². The first-order chi connectivity index (χ1) is 10.6. The van der Waals surface area contributed by atoms with Crippen LogP contribution in [0.4, 0.5) is 0 Å². The zero-order chi connectivity index (χ0) is 15.5. The lowest BCUT2D eigenvalue weighted by Gasteiger charge is -2.26. The first kappa shape index (κ1) is 15.3. The highest BCUT2D eigenvalue weighted by Crippen LogP contribution is 2.36. The van der Waals surface area contributed by atoms with E-state index in [4.69, 9.17) is 11.6 Å². The van der Waals surface area contributed by atoms with E-state index in [0.29, 0.717) is 23.8 Å². The van der Waals surface area contributed by atoms with Crippen molar-refractivity contribution in [2.24, 2.45) is 5.92 Å². The number of halogens is 1. The van der Waals surface area contributed by atoms with Crippen LogP contribution in [0.1, 0.15) is 50.1 Å².